The second kappa shape index (κ2) is 6.68. The van der Waals surface area contributed by atoms with Gasteiger partial charge in [-0.1, -0.05) is 66.7 Å². The molecule has 0 atom stereocenters. The molecule has 1 heterocycles. The van der Waals surface area contributed by atoms with Gasteiger partial charge in [0.1, 0.15) is 0 Å². The minimum atomic E-state index is -1.30. The van der Waals surface area contributed by atoms with Crippen molar-refractivity contribution in [1.29, 1.82) is 0 Å². The first-order chi connectivity index (χ1) is 11.7. The van der Waals surface area contributed by atoms with Crippen LogP contribution in [0.3, 0.4) is 0 Å². The SMILES string of the molecule is O=C([O-])c1cccc2c1OC(c1ccccc1)(c1ccccc1)O2.[Li+]. The third-order valence-corrected chi connectivity index (χ3v) is 4.01. The summed E-state index contributed by atoms with van der Waals surface area (Å²) in [5.74, 6) is -1.96. The number of para-hydroxylation sites is 1. The van der Waals surface area contributed by atoms with Gasteiger partial charge in [0.2, 0.25) is 0 Å². The topological polar surface area (TPSA) is 58.6 Å². The zero-order valence-electron chi connectivity index (χ0n) is 13.6. The molecule has 3 aromatic carbocycles. The minimum absolute atomic E-state index is 0. The maximum Gasteiger partial charge on any atom is 1.00 e. The van der Waals surface area contributed by atoms with Gasteiger partial charge in [-0.2, -0.15) is 0 Å². The van der Waals surface area contributed by atoms with Crippen molar-refractivity contribution >= 4 is 5.97 Å². The molecule has 25 heavy (non-hydrogen) atoms. The quantitative estimate of drug-likeness (QED) is 0.622. The van der Waals surface area contributed by atoms with Crippen LogP contribution < -0.4 is 33.4 Å². The summed E-state index contributed by atoms with van der Waals surface area (Å²) in [5, 5.41) is 11.4. The van der Waals surface area contributed by atoms with Crippen LogP contribution in [0.4, 0.5) is 0 Å². The molecule has 0 bridgehead atoms. The molecule has 118 valence electrons. The number of carboxylic acids is 1. The molecule has 5 heteroatoms. The Morgan fingerprint density at radius 2 is 1.32 bits per heavy atom. The molecule has 3 aromatic rings. The van der Waals surface area contributed by atoms with E-state index < -0.39 is 11.8 Å². The first kappa shape index (κ1) is 17.2. The van der Waals surface area contributed by atoms with Gasteiger partial charge in [-0.15, -0.1) is 0 Å². The molecule has 0 amide bonds. The summed E-state index contributed by atoms with van der Waals surface area (Å²) in [4.78, 5) is 11.4. The van der Waals surface area contributed by atoms with Crippen molar-refractivity contribution in [3.8, 4) is 11.5 Å². The summed E-state index contributed by atoms with van der Waals surface area (Å²) < 4.78 is 12.3. The summed E-state index contributed by atoms with van der Waals surface area (Å²) >= 11 is 0. The molecule has 0 N–H and O–H groups in total. The number of carbonyl (C=O) groups is 1. The van der Waals surface area contributed by atoms with E-state index in [0.717, 1.165) is 11.1 Å². The number of aromatic carboxylic acids is 1. The molecule has 0 radical (unpaired) electrons. The number of benzene rings is 3. The van der Waals surface area contributed by atoms with Crippen LogP contribution in [-0.2, 0) is 5.79 Å². The summed E-state index contributed by atoms with van der Waals surface area (Å²) in [6.07, 6.45) is 0. The van der Waals surface area contributed by atoms with Gasteiger partial charge in [0.15, 0.2) is 11.5 Å². The largest absolute Gasteiger partial charge is 1.00 e. The zero-order chi connectivity index (χ0) is 16.6. The van der Waals surface area contributed by atoms with Gasteiger partial charge in [0.05, 0.1) is 5.97 Å². The van der Waals surface area contributed by atoms with Crippen LogP contribution in [-0.4, -0.2) is 5.97 Å². The van der Waals surface area contributed by atoms with Crippen molar-refractivity contribution in [2.75, 3.05) is 0 Å². The van der Waals surface area contributed by atoms with E-state index in [-0.39, 0.29) is 30.2 Å². The Labute approximate surface area is 157 Å². The monoisotopic (exact) mass is 324 g/mol. The maximum atomic E-state index is 11.4. The molecule has 0 saturated heterocycles. The summed E-state index contributed by atoms with van der Waals surface area (Å²) in [5.41, 5.74) is 1.52. The number of hydrogen-bond donors (Lipinski definition) is 0. The van der Waals surface area contributed by atoms with Crippen molar-refractivity contribution in [2.24, 2.45) is 0 Å². The first-order valence-corrected chi connectivity index (χ1v) is 7.54. The van der Waals surface area contributed by atoms with E-state index in [1.165, 1.54) is 6.07 Å². The summed E-state index contributed by atoms with van der Waals surface area (Å²) in [7, 11) is 0. The van der Waals surface area contributed by atoms with Gasteiger partial charge in [0.25, 0.3) is 0 Å². The minimum Gasteiger partial charge on any atom is -0.545 e. The Morgan fingerprint density at radius 3 is 1.84 bits per heavy atom. The number of rotatable bonds is 3. The predicted molar refractivity (Wildman–Crippen MR) is 85.7 cm³/mol. The van der Waals surface area contributed by atoms with Gasteiger partial charge in [-0.25, -0.2) is 0 Å². The summed E-state index contributed by atoms with van der Waals surface area (Å²) in [6.45, 7) is 0. The van der Waals surface area contributed by atoms with Gasteiger partial charge >= 0.3 is 24.6 Å². The van der Waals surface area contributed by atoms with E-state index in [2.05, 4.69) is 0 Å². The second-order valence-electron chi connectivity index (χ2n) is 5.47. The number of hydrogen-bond acceptors (Lipinski definition) is 4. The Kier molecular flexibility index (Phi) is 4.58. The van der Waals surface area contributed by atoms with Crippen LogP contribution in [0.5, 0.6) is 11.5 Å². The van der Waals surface area contributed by atoms with E-state index in [4.69, 9.17) is 9.47 Å². The molecule has 0 spiro atoms. The van der Waals surface area contributed by atoms with Gasteiger partial charge in [-0.05, 0) is 12.1 Å². The van der Waals surface area contributed by atoms with Gasteiger partial charge < -0.3 is 19.4 Å². The molecule has 1 aliphatic rings. The normalized spacial score (nSPS) is 13.8. The smallest absolute Gasteiger partial charge is 0.545 e. The molecule has 4 nitrogen and oxygen atoms in total. The number of fused-ring (bicyclic) bond motifs is 1. The van der Waals surface area contributed by atoms with Crippen molar-refractivity contribution in [2.45, 2.75) is 5.79 Å². The number of ether oxygens (including phenoxy) is 2. The summed E-state index contributed by atoms with van der Waals surface area (Å²) in [6, 6.07) is 23.6. The van der Waals surface area contributed by atoms with E-state index in [1.54, 1.807) is 12.1 Å². The van der Waals surface area contributed by atoms with Crippen LogP contribution in [0.25, 0.3) is 0 Å². The Bertz CT molecular complexity index is 855. The molecule has 0 aliphatic carbocycles. The Hall–Kier alpha value is -2.67. The molecular formula is C20H13LiO4. The van der Waals surface area contributed by atoms with E-state index in [1.807, 2.05) is 60.7 Å². The molecule has 1 aliphatic heterocycles. The number of carboxylic acid groups (broad SMARTS) is 1. The van der Waals surface area contributed by atoms with Crippen LogP contribution in [0.1, 0.15) is 21.5 Å². The van der Waals surface area contributed by atoms with Crippen LogP contribution >= 0.6 is 0 Å². The third-order valence-electron chi connectivity index (χ3n) is 4.01. The Morgan fingerprint density at radius 1 is 0.760 bits per heavy atom. The molecular weight excluding hydrogens is 311 g/mol. The average molecular weight is 324 g/mol. The second-order valence-corrected chi connectivity index (χ2v) is 5.47. The average Bonchev–Trinajstić information content (AvgIpc) is 3.04. The number of carbonyl (C=O) groups excluding carboxylic acids is 1. The molecule has 4 rings (SSSR count). The zero-order valence-corrected chi connectivity index (χ0v) is 13.6. The predicted octanol–water partition coefficient (Wildman–Crippen LogP) is -0.273. The van der Waals surface area contributed by atoms with Crippen molar-refractivity contribution < 1.29 is 38.2 Å². The van der Waals surface area contributed by atoms with Crippen LogP contribution in [0.2, 0.25) is 0 Å². The van der Waals surface area contributed by atoms with Crippen molar-refractivity contribution in [3.05, 3.63) is 95.6 Å². The van der Waals surface area contributed by atoms with Crippen LogP contribution in [0.15, 0.2) is 78.9 Å². The van der Waals surface area contributed by atoms with Gasteiger partial charge in [0, 0.05) is 16.7 Å². The maximum absolute atomic E-state index is 11.4. The fourth-order valence-electron chi connectivity index (χ4n) is 2.90. The van der Waals surface area contributed by atoms with Crippen LogP contribution in [0, 0.1) is 0 Å². The standard InChI is InChI=1S/C20H14O4.Li/c21-19(22)16-12-7-13-17-18(16)24-20(23-17,14-8-3-1-4-9-14)15-10-5-2-6-11-15;/h1-13H,(H,21,22);/q;+1/p-1. The molecule has 0 saturated carbocycles. The van der Waals surface area contributed by atoms with Crippen molar-refractivity contribution in [1.82, 2.24) is 0 Å². The molecule has 0 aromatic heterocycles. The van der Waals surface area contributed by atoms with Gasteiger partial charge in [-0.3, -0.25) is 0 Å². The van der Waals surface area contributed by atoms with E-state index in [9.17, 15) is 9.90 Å². The van der Waals surface area contributed by atoms with E-state index >= 15 is 0 Å². The van der Waals surface area contributed by atoms with E-state index in [0.29, 0.717) is 5.75 Å². The molecule has 0 fully saturated rings. The molecule has 0 unspecified atom stereocenters. The first-order valence-electron chi connectivity index (χ1n) is 7.54. The fourth-order valence-corrected chi connectivity index (χ4v) is 2.90. The van der Waals surface area contributed by atoms with Crippen molar-refractivity contribution in [3.63, 3.8) is 0 Å². The fraction of sp³-hybridized carbons (Fsp3) is 0.0500. The third kappa shape index (κ3) is 2.80. The Balaban J connectivity index is 0.00000182.